The molecule has 3 nitrogen and oxygen atoms in total. The Hall–Kier alpha value is -1.29. The van der Waals surface area contributed by atoms with Crippen molar-refractivity contribution in [2.24, 2.45) is 0 Å². The Kier molecular flexibility index (Phi) is 2.52. The second-order valence-electron chi connectivity index (χ2n) is 3.24. The van der Waals surface area contributed by atoms with Gasteiger partial charge in [-0.3, -0.25) is 0 Å². The van der Waals surface area contributed by atoms with Crippen LogP contribution in [-0.2, 0) is 0 Å². The van der Waals surface area contributed by atoms with E-state index in [2.05, 4.69) is 15.9 Å². The van der Waals surface area contributed by atoms with Crippen LogP contribution in [0.3, 0.4) is 0 Å². The number of hydrogen-bond donors (Lipinski definition) is 0. The second kappa shape index (κ2) is 3.70. The topological polar surface area (TPSA) is 39.4 Å². The van der Waals surface area contributed by atoms with Crippen molar-refractivity contribution in [2.75, 3.05) is 7.11 Å². The molecule has 0 amide bonds. The summed E-state index contributed by atoms with van der Waals surface area (Å²) in [7, 11) is 1.57. The highest BCUT2D eigenvalue weighted by Crippen LogP contribution is 2.29. The molecule has 0 fully saturated rings. The summed E-state index contributed by atoms with van der Waals surface area (Å²) < 4.78 is 11.1. The van der Waals surface area contributed by atoms with Gasteiger partial charge in [-0.05, 0) is 35.0 Å². The van der Waals surface area contributed by atoms with E-state index < -0.39 is 0 Å². The summed E-state index contributed by atoms with van der Waals surface area (Å²) in [4.78, 5) is 11.3. The van der Waals surface area contributed by atoms with Gasteiger partial charge in [0.1, 0.15) is 11.3 Å². The fourth-order valence-corrected chi connectivity index (χ4v) is 1.90. The van der Waals surface area contributed by atoms with Crippen LogP contribution in [0.2, 0.25) is 0 Å². The second-order valence-corrected chi connectivity index (χ2v) is 4.10. The van der Waals surface area contributed by atoms with Gasteiger partial charge >= 0.3 is 5.63 Å². The lowest BCUT2D eigenvalue weighted by Crippen LogP contribution is -2.01. The normalized spacial score (nSPS) is 10.6. The molecule has 0 aliphatic rings. The molecule has 2 rings (SSSR count). The van der Waals surface area contributed by atoms with Gasteiger partial charge in [-0.1, -0.05) is 0 Å². The molecule has 0 aliphatic heterocycles. The maximum absolute atomic E-state index is 11.3. The molecule has 0 saturated carbocycles. The Bertz CT molecular complexity index is 572. The van der Waals surface area contributed by atoms with Crippen LogP contribution in [0.1, 0.15) is 5.56 Å². The van der Waals surface area contributed by atoms with Crippen molar-refractivity contribution in [3.63, 3.8) is 0 Å². The first-order chi connectivity index (χ1) is 7.11. The molecule has 1 aromatic carbocycles. The zero-order chi connectivity index (χ0) is 11.0. The minimum absolute atomic E-state index is 0.313. The van der Waals surface area contributed by atoms with Crippen LogP contribution in [0, 0.1) is 6.92 Å². The summed E-state index contributed by atoms with van der Waals surface area (Å²) in [6.07, 6.45) is 0. The van der Waals surface area contributed by atoms with Crippen LogP contribution in [0.5, 0.6) is 5.75 Å². The quantitative estimate of drug-likeness (QED) is 0.747. The number of halogens is 1. The number of rotatable bonds is 1. The van der Waals surface area contributed by atoms with E-state index in [4.69, 9.17) is 9.15 Å². The van der Waals surface area contributed by atoms with Gasteiger partial charge in [0.05, 0.1) is 11.6 Å². The highest BCUT2D eigenvalue weighted by Gasteiger charge is 2.06. The predicted octanol–water partition coefficient (Wildman–Crippen LogP) is 2.87. The summed E-state index contributed by atoms with van der Waals surface area (Å²) in [5.74, 6) is 0.648. The average molecular weight is 269 g/mol. The Labute approximate surface area is 94.8 Å². The van der Waals surface area contributed by atoms with Gasteiger partial charge in [-0.25, -0.2) is 4.79 Å². The number of methoxy groups -OCH3 is 1. The largest absolute Gasteiger partial charge is 0.495 e. The maximum atomic E-state index is 11.3. The Balaban J connectivity index is 2.82. The molecular weight excluding hydrogens is 260 g/mol. The third-order valence-corrected chi connectivity index (χ3v) is 2.80. The van der Waals surface area contributed by atoms with Crippen molar-refractivity contribution in [1.82, 2.24) is 0 Å². The van der Waals surface area contributed by atoms with Crippen molar-refractivity contribution in [1.29, 1.82) is 0 Å². The SMILES string of the molecule is COc1cc2oc(=O)c(C)cc2cc1Br. The van der Waals surface area contributed by atoms with Crippen LogP contribution in [0.4, 0.5) is 0 Å². The summed E-state index contributed by atoms with van der Waals surface area (Å²) in [5.41, 5.74) is 0.817. The van der Waals surface area contributed by atoms with E-state index in [-0.39, 0.29) is 5.63 Å². The van der Waals surface area contributed by atoms with Crippen molar-refractivity contribution in [2.45, 2.75) is 6.92 Å². The highest BCUT2D eigenvalue weighted by atomic mass is 79.9. The van der Waals surface area contributed by atoms with Crippen molar-refractivity contribution in [3.8, 4) is 5.75 Å². The number of benzene rings is 1. The first-order valence-corrected chi connectivity index (χ1v) is 5.19. The van der Waals surface area contributed by atoms with Crippen molar-refractivity contribution >= 4 is 26.9 Å². The van der Waals surface area contributed by atoms with Gasteiger partial charge in [0.15, 0.2) is 0 Å². The summed E-state index contributed by atoms with van der Waals surface area (Å²) >= 11 is 3.38. The molecule has 0 aliphatic carbocycles. The molecule has 78 valence electrons. The van der Waals surface area contributed by atoms with Gasteiger partial charge in [-0.15, -0.1) is 0 Å². The minimum Gasteiger partial charge on any atom is -0.495 e. The molecule has 2 aromatic rings. The lowest BCUT2D eigenvalue weighted by atomic mass is 10.2. The van der Waals surface area contributed by atoms with Gasteiger partial charge in [0.25, 0.3) is 0 Å². The van der Waals surface area contributed by atoms with Gasteiger partial charge in [0.2, 0.25) is 0 Å². The van der Waals surface area contributed by atoms with E-state index in [0.29, 0.717) is 16.9 Å². The Morgan fingerprint density at radius 3 is 2.73 bits per heavy atom. The van der Waals surface area contributed by atoms with E-state index in [1.807, 2.05) is 6.07 Å². The fraction of sp³-hybridized carbons (Fsp3) is 0.182. The zero-order valence-electron chi connectivity index (χ0n) is 8.33. The van der Waals surface area contributed by atoms with Gasteiger partial charge in [-0.2, -0.15) is 0 Å². The molecule has 0 spiro atoms. The van der Waals surface area contributed by atoms with Crippen molar-refractivity contribution < 1.29 is 9.15 Å². The molecule has 1 aromatic heterocycles. The maximum Gasteiger partial charge on any atom is 0.339 e. The fourth-order valence-electron chi connectivity index (χ4n) is 1.38. The standard InChI is InChI=1S/C11H9BrO3/c1-6-3-7-4-8(12)10(14-2)5-9(7)15-11(6)13/h3-5H,1-2H3. The third kappa shape index (κ3) is 1.77. The van der Waals surface area contributed by atoms with E-state index in [9.17, 15) is 4.79 Å². The average Bonchev–Trinajstić information content (AvgIpc) is 2.20. The van der Waals surface area contributed by atoms with E-state index in [0.717, 1.165) is 9.86 Å². The van der Waals surface area contributed by atoms with Crippen LogP contribution in [-0.4, -0.2) is 7.11 Å². The van der Waals surface area contributed by atoms with Crippen LogP contribution >= 0.6 is 15.9 Å². The molecule has 1 heterocycles. The Morgan fingerprint density at radius 1 is 1.33 bits per heavy atom. The number of aryl methyl sites for hydroxylation is 1. The minimum atomic E-state index is -0.313. The predicted molar refractivity (Wildman–Crippen MR) is 61.5 cm³/mol. The van der Waals surface area contributed by atoms with E-state index in [1.165, 1.54) is 0 Å². The summed E-state index contributed by atoms with van der Waals surface area (Å²) in [6.45, 7) is 1.73. The molecule has 0 saturated heterocycles. The molecular formula is C11H9BrO3. The summed E-state index contributed by atoms with van der Waals surface area (Å²) in [5, 5.41) is 0.875. The van der Waals surface area contributed by atoms with E-state index in [1.54, 1.807) is 26.2 Å². The van der Waals surface area contributed by atoms with E-state index >= 15 is 0 Å². The molecule has 15 heavy (non-hydrogen) atoms. The lowest BCUT2D eigenvalue weighted by molar-refractivity contribution is 0.411. The number of fused-ring (bicyclic) bond motifs is 1. The zero-order valence-corrected chi connectivity index (χ0v) is 9.92. The number of hydrogen-bond acceptors (Lipinski definition) is 3. The molecule has 4 heteroatoms. The molecule has 0 radical (unpaired) electrons. The smallest absolute Gasteiger partial charge is 0.339 e. The lowest BCUT2D eigenvalue weighted by Gasteiger charge is -2.04. The van der Waals surface area contributed by atoms with Crippen LogP contribution in [0.15, 0.2) is 31.9 Å². The molecule has 0 atom stereocenters. The van der Waals surface area contributed by atoms with Gasteiger partial charge in [0, 0.05) is 17.0 Å². The number of ether oxygens (including phenoxy) is 1. The molecule has 0 unspecified atom stereocenters. The summed E-state index contributed by atoms with van der Waals surface area (Å²) in [6, 6.07) is 5.36. The first-order valence-electron chi connectivity index (χ1n) is 4.40. The van der Waals surface area contributed by atoms with Crippen molar-refractivity contribution in [3.05, 3.63) is 38.7 Å². The van der Waals surface area contributed by atoms with Gasteiger partial charge < -0.3 is 9.15 Å². The van der Waals surface area contributed by atoms with Crippen LogP contribution < -0.4 is 10.4 Å². The molecule has 0 N–H and O–H groups in total. The third-order valence-electron chi connectivity index (χ3n) is 2.18. The Morgan fingerprint density at radius 2 is 2.07 bits per heavy atom. The monoisotopic (exact) mass is 268 g/mol. The van der Waals surface area contributed by atoms with Crippen LogP contribution in [0.25, 0.3) is 11.0 Å². The first kappa shape index (κ1) is 10.2. The highest BCUT2D eigenvalue weighted by molar-refractivity contribution is 9.10. The molecule has 0 bridgehead atoms.